The summed E-state index contributed by atoms with van der Waals surface area (Å²) >= 11 is 0. The second kappa shape index (κ2) is 5.69. The lowest BCUT2D eigenvalue weighted by atomic mass is 9.93. The Balaban J connectivity index is 3.29. The summed E-state index contributed by atoms with van der Waals surface area (Å²) in [6.07, 6.45) is 0.147. The number of nitrogens with one attached hydrogen (secondary N) is 2. The van der Waals surface area contributed by atoms with E-state index in [1.807, 2.05) is 0 Å². The van der Waals surface area contributed by atoms with Crippen LogP contribution in [0.25, 0.3) is 0 Å². The van der Waals surface area contributed by atoms with Crippen molar-refractivity contribution in [2.45, 2.75) is 0 Å². The van der Waals surface area contributed by atoms with Gasteiger partial charge in [0, 0.05) is 0 Å². The summed E-state index contributed by atoms with van der Waals surface area (Å²) in [6, 6.07) is 0. The van der Waals surface area contributed by atoms with Crippen LogP contribution >= 0.6 is 0 Å². The molecule has 0 atom stereocenters. The quantitative estimate of drug-likeness (QED) is 0.252. The van der Waals surface area contributed by atoms with Crippen LogP contribution in [0.3, 0.4) is 0 Å². The summed E-state index contributed by atoms with van der Waals surface area (Å²) in [5.41, 5.74) is 0. The van der Waals surface area contributed by atoms with Gasteiger partial charge < -0.3 is 20.7 Å². The van der Waals surface area contributed by atoms with Crippen LogP contribution in [-0.2, 0) is 9.59 Å². The fourth-order valence-corrected chi connectivity index (χ4v) is 0.402. The highest BCUT2D eigenvalue weighted by Gasteiger charge is 2.07. The Morgan fingerprint density at radius 1 is 1.55 bits per heavy atom. The third kappa shape index (κ3) is 6.81. The zero-order valence-electron chi connectivity index (χ0n) is 5.78. The largest absolute Gasteiger partial charge is 0.472 e. The summed E-state index contributed by atoms with van der Waals surface area (Å²) in [7, 11) is -1.56. The molecule has 0 rings (SSSR count). The third-order valence-corrected chi connectivity index (χ3v) is 0.828. The Morgan fingerprint density at radius 2 is 2.18 bits per heavy atom. The first kappa shape index (κ1) is 9.92. The molecule has 0 spiro atoms. The molecule has 0 aliphatic rings. The molecule has 62 valence electrons. The van der Waals surface area contributed by atoms with Gasteiger partial charge in [-0.05, 0) is 0 Å². The van der Waals surface area contributed by atoms with E-state index in [0.29, 0.717) is 6.41 Å². The Kier molecular flexibility index (Phi) is 5.13. The van der Waals surface area contributed by atoms with E-state index in [2.05, 4.69) is 10.6 Å². The average molecular weight is 160 g/mol. The van der Waals surface area contributed by atoms with Crippen LogP contribution in [0.2, 0.25) is 0 Å². The molecule has 0 aliphatic heterocycles. The standard InChI is InChI=1S/C4H9BN2O4/c8-3-6-1-4(9)7-2-5(10)11/h3,10-11H,1-2H2,(H,6,8)(H,7,9). The van der Waals surface area contributed by atoms with Gasteiger partial charge in [-0.25, -0.2) is 0 Å². The summed E-state index contributed by atoms with van der Waals surface area (Å²) in [6.45, 7) is -0.157. The Morgan fingerprint density at radius 3 is 2.64 bits per heavy atom. The molecule has 0 saturated heterocycles. The van der Waals surface area contributed by atoms with Crippen molar-refractivity contribution >= 4 is 19.4 Å². The molecular formula is C4H9BN2O4. The molecule has 0 heterocycles. The van der Waals surface area contributed by atoms with Crippen molar-refractivity contribution in [3.63, 3.8) is 0 Å². The molecule has 0 aliphatic carbocycles. The van der Waals surface area contributed by atoms with Crippen LogP contribution in [0.5, 0.6) is 0 Å². The molecule has 0 fully saturated rings. The van der Waals surface area contributed by atoms with Crippen LogP contribution in [0.15, 0.2) is 0 Å². The van der Waals surface area contributed by atoms with Gasteiger partial charge >= 0.3 is 7.12 Å². The number of amides is 2. The summed E-state index contributed by atoms with van der Waals surface area (Å²) in [4.78, 5) is 20.2. The zero-order chi connectivity index (χ0) is 8.69. The predicted octanol–water partition coefficient (Wildman–Crippen LogP) is -3.14. The van der Waals surface area contributed by atoms with Crippen LogP contribution in [0.1, 0.15) is 0 Å². The van der Waals surface area contributed by atoms with Crippen LogP contribution < -0.4 is 10.6 Å². The number of carbonyl (C=O) groups is 2. The highest BCUT2D eigenvalue weighted by atomic mass is 16.4. The van der Waals surface area contributed by atoms with E-state index in [0.717, 1.165) is 0 Å². The summed E-state index contributed by atoms with van der Waals surface area (Å²) in [5, 5.41) is 20.8. The maximum absolute atomic E-state index is 10.6. The monoisotopic (exact) mass is 160 g/mol. The lowest BCUT2D eigenvalue weighted by molar-refractivity contribution is -0.121. The molecule has 4 N–H and O–H groups in total. The third-order valence-electron chi connectivity index (χ3n) is 0.828. The van der Waals surface area contributed by atoms with Gasteiger partial charge in [0.05, 0.1) is 13.0 Å². The van der Waals surface area contributed by atoms with Crippen molar-refractivity contribution in [2.24, 2.45) is 0 Å². The van der Waals surface area contributed by atoms with E-state index in [-0.39, 0.29) is 13.0 Å². The van der Waals surface area contributed by atoms with Crippen molar-refractivity contribution in [3.05, 3.63) is 0 Å². The fourth-order valence-electron chi connectivity index (χ4n) is 0.402. The fraction of sp³-hybridized carbons (Fsp3) is 0.500. The summed E-state index contributed by atoms with van der Waals surface area (Å²) < 4.78 is 0. The van der Waals surface area contributed by atoms with Gasteiger partial charge in [0.25, 0.3) is 0 Å². The Labute approximate surface area is 63.7 Å². The van der Waals surface area contributed by atoms with Crippen LogP contribution in [-0.4, -0.2) is 42.5 Å². The Bertz CT molecular complexity index is 140. The van der Waals surface area contributed by atoms with Gasteiger partial charge in [0.2, 0.25) is 12.3 Å². The van der Waals surface area contributed by atoms with E-state index in [1.165, 1.54) is 0 Å². The molecule has 6 nitrogen and oxygen atoms in total. The van der Waals surface area contributed by atoms with Gasteiger partial charge in [-0.3, -0.25) is 9.59 Å². The maximum atomic E-state index is 10.6. The molecular weight excluding hydrogens is 151 g/mol. The second-order valence-electron chi connectivity index (χ2n) is 1.78. The van der Waals surface area contributed by atoms with Crippen LogP contribution in [0, 0.1) is 0 Å². The lowest BCUT2D eigenvalue weighted by Gasteiger charge is -2.01. The van der Waals surface area contributed by atoms with Gasteiger partial charge in [-0.15, -0.1) is 0 Å². The molecule has 2 amide bonds. The first-order chi connectivity index (χ1) is 5.16. The smallest absolute Gasteiger partial charge is 0.426 e. The van der Waals surface area contributed by atoms with E-state index in [4.69, 9.17) is 10.0 Å². The maximum Gasteiger partial charge on any atom is 0.472 e. The van der Waals surface area contributed by atoms with Gasteiger partial charge in [0.1, 0.15) is 0 Å². The van der Waals surface area contributed by atoms with Crippen molar-refractivity contribution in [2.75, 3.05) is 13.0 Å². The highest BCUT2D eigenvalue weighted by molar-refractivity contribution is 6.41. The Hall–Kier alpha value is -1.08. The number of hydrogen-bond acceptors (Lipinski definition) is 4. The van der Waals surface area contributed by atoms with Gasteiger partial charge in [-0.1, -0.05) is 0 Å². The minimum absolute atomic E-state index is 0.157. The van der Waals surface area contributed by atoms with Crippen molar-refractivity contribution < 1.29 is 19.6 Å². The minimum atomic E-state index is -1.56. The normalized spacial score (nSPS) is 8.55. The average Bonchev–Trinajstić information content (AvgIpc) is 1.97. The molecule has 0 saturated carbocycles. The minimum Gasteiger partial charge on any atom is -0.426 e. The van der Waals surface area contributed by atoms with Crippen molar-refractivity contribution in [1.29, 1.82) is 0 Å². The molecule has 0 aromatic heterocycles. The van der Waals surface area contributed by atoms with E-state index < -0.39 is 13.0 Å². The first-order valence-electron chi connectivity index (χ1n) is 2.96. The number of carbonyl (C=O) groups excluding carboxylic acids is 2. The van der Waals surface area contributed by atoms with Gasteiger partial charge in [0.15, 0.2) is 0 Å². The van der Waals surface area contributed by atoms with Crippen molar-refractivity contribution in [3.8, 4) is 0 Å². The first-order valence-corrected chi connectivity index (χ1v) is 2.96. The number of rotatable bonds is 5. The number of hydrogen-bond donors (Lipinski definition) is 4. The van der Waals surface area contributed by atoms with E-state index >= 15 is 0 Å². The molecule has 0 aromatic rings. The topological polar surface area (TPSA) is 98.7 Å². The molecule has 0 bridgehead atoms. The molecule has 11 heavy (non-hydrogen) atoms. The van der Waals surface area contributed by atoms with Crippen molar-refractivity contribution in [1.82, 2.24) is 10.6 Å². The van der Waals surface area contributed by atoms with Gasteiger partial charge in [-0.2, -0.15) is 0 Å². The second-order valence-corrected chi connectivity index (χ2v) is 1.78. The highest BCUT2D eigenvalue weighted by Crippen LogP contribution is 1.65. The molecule has 0 unspecified atom stereocenters. The zero-order valence-corrected chi connectivity index (χ0v) is 5.78. The lowest BCUT2D eigenvalue weighted by Crippen LogP contribution is -2.39. The molecule has 0 radical (unpaired) electrons. The summed E-state index contributed by atoms with van der Waals surface area (Å²) in [5.74, 6) is -0.467. The van der Waals surface area contributed by atoms with Crippen LogP contribution in [0.4, 0.5) is 0 Å². The van der Waals surface area contributed by atoms with E-state index in [9.17, 15) is 9.59 Å². The SMILES string of the molecule is O=CNCC(=O)NCB(O)O. The predicted molar refractivity (Wildman–Crippen MR) is 37.3 cm³/mol. The molecule has 0 aromatic carbocycles. The molecule has 7 heteroatoms. The van der Waals surface area contributed by atoms with E-state index in [1.54, 1.807) is 0 Å².